The average Bonchev–Trinajstić information content (AvgIpc) is 2.32. The first-order chi connectivity index (χ1) is 8.24. The third kappa shape index (κ3) is 4.04. The molecule has 2 nitrogen and oxygen atoms in total. The molecule has 1 aliphatic rings. The van der Waals surface area contributed by atoms with Crippen molar-refractivity contribution in [2.24, 2.45) is 0 Å². The maximum Gasteiger partial charge on any atom is 0.119 e. The lowest BCUT2D eigenvalue weighted by molar-refractivity contribution is 0.220. The molecule has 0 aromatic heterocycles. The minimum Gasteiger partial charge on any atom is -0.491 e. The van der Waals surface area contributed by atoms with Gasteiger partial charge in [-0.3, -0.25) is 4.90 Å². The molecule has 1 aromatic rings. The Kier molecular flexibility index (Phi) is 4.43. The maximum absolute atomic E-state index is 5.65. The minimum atomic E-state index is 0.253. The third-order valence-electron chi connectivity index (χ3n) is 3.15. The second-order valence-corrected chi connectivity index (χ2v) is 5.15. The second-order valence-electron chi connectivity index (χ2n) is 5.15. The van der Waals surface area contributed by atoms with Gasteiger partial charge >= 0.3 is 0 Å². The van der Waals surface area contributed by atoms with Gasteiger partial charge in [0.05, 0.1) is 6.10 Å². The average molecular weight is 233 g/mol. The fourth-order valence-corrected chi connectivity index (χ4v) is 2.32. The molecule has 0 bridgehead atoms. The van der Waals surface area contributed by atoms with Gasteiger partial charge in [-0.1, -0.05) is 18.6 Å². The third-order valence-corrected chi connectivity index (χ3v) is 3.15. The van der Waals surface area contributed by atoms with Gasteiger partial charge in [0.1, 0.15) is 5.75 Å². The van der Waals surface area contributed by atoms with Crippen LogP contribution in [0.15, 0.2) is 24.3 Å². The molecule has 0 amide bonds. The summed E-state index contributed by atoms with van der Waals surface area (Å²) in [6.07, 6.45) is 4.36. The fourth-order valence-electron chi connectivity index (χ4n) is 2.32. The zero-order valence-corrected chi connectivity index (χ0v) is 11.0. The smallest absolute Gasteiger partial charge is 0.119 e. The van der Waals surface area contributed by atoms with Crippen molar-refractivity contribution in [3.05, 3.63) is 29.8 Å². The minimum absolute atomic E-state index is 0.253. The summed E-state index contributed by atoms with van der Waals surface area (Å²) in [5.74, 6) is 0.974. The van der Waals surface area contributed by atoms with E-state index in [2.05, 4.69) is 43.0 Å². The van der Waals surface area contributed by atoms with Crippen LogP contribution >= 0.6 is 0 Å². The Morgan fingerprint density at radius 1 is 1.06 bits per heavy atom. The normalized spacial score (nSPS) is 17.4. The molecule has 2 heteroatoms. The predicted molar refractivity (Wildman–Crippen MR) is 71.3 cm³/mol. The molecule has 1 aromatic carbocycles. The fraction of sp³-hybridized carbons (Fsp3) is 0.600. The SMILES string of the molecule is CC(C)Oc1ccc(CN2CCCCC2)cc1. The number of rotatable bonds is 4. The highest BCUT2D eigenvalue weighted by Crippen LogP contribution is 2.17. The summed E-state index contributed by atoms with van der Waals surface area (Å²) in [7, 11) is 0. The zero-order valence-electron chi connectivity index (χ0n) is 11.0. The van der Waals surface area contributed by atoms with Crippen LogP contribution in [0.1, 0.15) is 38.7 Å². The first-order valence-corrected chi connectivity index (χ1v) is 6.72. The molecule has 0 N–H and O–H groups in total. The quantitative estimate of drug-likeness (QED) is 0.789. The largest absolute Gasteiger partial charge is 0.491 e. The molecule has 1 heterocycles. The van der Waals surface area contributed by atoms with E-state index in [4.69, 9.17) is 4.74 Å². The second kappa shape index (κ2) is 6.06. The Balaban J connectivity index is 1.88. The summed E-state index contributed by atoms with van der Waals surface area (Å²) in [6.45, 7) is 7.71. The van der Waals surface area contributed by atoms with Crippen LogP contribution in [0.2, 0.25) is 0 Å². The molecule has 1 aliphatic heterocycles. The Labute approximate surface area is 105 Å². The van der Waals surface area contributed by atoms with Crippen molar-refractivity contribution in [1.82, 2.24) is 4.90 Å². The van der Waals surface area contributed by atoms with Crippen LogP contribution in [-0.2, 0) is 6.54 Å². The molecule has 17 heavy (non-hydrogen) atoms. The number of piperidine rings is 1. The van der Waals surface area contributed by atoms with E-state index in [0.717, 1.165) is 12.3 Å². The van der Waals surface area contributed by atoms with Crippen LogP contribution < -0.4 is 4.74 Å². The summed E-state index contributed by atoms with van der Waals surface area (Å²) >= 11 is 0. The molecule has 0 saturated carbocycles. The van der Waals surface area contributed by atoms with E-state index in [1.165, 1.54) is 37.9 Å². The molecule has 1 saturated heterocycles. The molecule has 1 fully saturated rings. The molecule has 0 spiro atoms. The van der Waals surface area contributed by atoms with Crippen LogP contribution in [0, 0.1) is 0 Å². The summed E-state index contributed by atoms with van der Waals surface area (Å²) < 4.78 is 5.65. The predicted octanol–water partition coefficient (Wildman–Crippen LogP) is 3.46. The maximum atomic E-state index is 5.65. The number of ether oxygens (including phenoxy) is 1. The monoisotopic (exact) mass is 233 g/mol. The number of benzene rings is 1. The van der Waals surface area contributed by atoms with E-state index < -0.39 is 0 Å². The van der Waals surface area contributed by atoms with Crippen molar-refractivity contribution in [3.63, 3.8) is 0 Å². The van der Waals surface area contributed by atoms with Gasteiger partial charge in [-0.25, -0.2) is 0 Å². The van der Waals surface area contributed by atoms with Crippen molar-refractivity contribution in [1.29, 1.82) is 0 Å². The Morgan fingerprint density at radius 2 is 1.71 bits per heavy atom. The van der Waals surface area contributed by atoms with Crippen molar-refractivity contribution >= 4 is 0 Å². The summed E-state index contributed by atoms with van der Waals surface area (Å²) in [5.41, 5.74) is 1.39. The summed E-state index contributed by atoms with van der Waals surface area (Å²) in [6, 6.07) is 8.54. The lowest BCUT2D eigenvalue weighted by Crippen LogP contribution is -2.29. The van der Waals surface area contributed by atoms with Crippen molar-refractivity contribution < 1.29 is 4.74 Å². The Bertz CT molecular complexity index is 325. The van der Waals surface area contributed by atoms with E-state index >= 15 is 0 Å². The summed E-state index contributed by atoms with van der Waals surface area (Å²) in [4.78, 5) is 2.54. The number of likely N-dealkylation sites (tertiary alicyclic amines) is 1. The Hall–Kier alpha value is -1.02. The van der Waals surface area contributed by atoms with Gasteiger partial charge < -0.3 is 4.74 Å². The number of hydrogen-bond donors (Lipinski definition) is 0. The molecule has 94 valence electrons. The van der Waals surface area contributed by atoms with Crippen molar-refractivity contribution in [2.45, 2.75) is 45.8 Å². The van der Waals surface area contributed by atoms with E-state index in [9.17, 15) is 0 Å². The molecule has 0 atom stereocenters. The van der Waals surface area contributed by atoms with Crippen LogP contribution in [0.4, 0.5) is 0 Å². The lowest BCUT2D eigenvalue weighted by Gasteiger charge is -2.26. The molecule has 0 aliphatic carbocycles. The zero-order chi connectivity index (χ0) is 12.1. The van der Waals surface area contributed by atoms with Crippen molar-refractivity contribution in [3.8, 4) is 5.75 Å². The van der Waals surface area contributed by atoms with Crippen LogP contribution in [-0.4, -0.2) is 24.1 Å². The standard InChI is InChI=1S/C15H23NO/c1-13(2)17-15-8-6-14(7-9-15)12-16-10-4-3-5-11-16/h6-9,13H,3-5,10-12H2,1-2H3. The topological polar surface area (TPSA) is 12.5 Å². The molecule has 2 rings (SSSR count). The Morgan fingerprint density at radius 3 is 2.29 bits per heavy atom. The molecule has 0 unspecified atom stereocenters. The van der Waals surface area contributed by atoms with Gasteiger partial charge in [0.2, 0.25) is 0 Å². The van der Waals surface area contributed by atoms with Gasteiger partial charge in [0.15, 0.2) is 0 Å². The highest BCUT2D eigenvalue weighted by molar-refractivity contribution is 5.27. The lowest BCUT2D eigenvalue weighted by atomic mass is 10.1. The molecule has 0 radical (unpaired) electrons. The van der Waals surface area contributed by atoms with Crippen LogP contribution in [0.5, 0.6) is 5.75 Å². The van der Waals surface area contributed by atoms with E-state index in [1.54, 1.807) is 0 Å². The van der Waals surface area contributed by atoms with Crippen LogP contribution in [0.3, 0.4) is 0 Å². The summed E-state index contributed by atoms with van der Waals surface area (Å²) in [5, 5.41) is 0. The van der Waals surface area contributed by atoms with Crippen LogP contribution in [0.25, 0.3) is 0 Å². The molecular weight excluding hydrogens is 210 g/mol. The highest BCUT2D eigenvalue weighted by Gasteiger charge is 2.10. The number of hydrogen-bond acceptors (Lipinski definition) is 2. The van der Waals surface area contributed by atoms with E-state index in [-0.39, 0.29) is 6.10 Å². The van der Waals surface area contributed by atoms with Gasteiger partial charge in [0.25, 0.3) is 0 Å². The van der Waals surface area contributed by atoms with E-state index in [0.29, 0.717) is 0 Å². The highest BCUT2D eigenvalue weighted by atomic mass is 16.5. The first kappa shape index (κ1) is 12.4. The number of nitrogens with zero attached hydrogens (tertiary/aromatic N) is 1. The van der Waals surface area contributed by atoms with Gasteiger partial charge in [-0.05, 0) is 57.5 Å². The van der Waals surface area contributed by atoms with Gasteiger partial charge in [-0.2, -0.15) is 0 Å². The van der Waals surface area contributed by atoms with Gasteiger partial charge in [0, 0.05) is 6.54 Å². The molecular formula is C15H23NO. The van der Waals surface area contributed by atoms with Gasteiger partial charge in [-0.15, -0.1) is 0 Å². The van der Waals surface area contributed by atoms with E-state index in [1.807, 2.05) is 0 Å². The van der Waals surface area contributed by atoms with Crippen molar-refractivity contribution in [2.75, 3.05) is 13.1 Å². The first-order valence-electron chi connectivity index (χ1n) is 6.72.